The zero-order valence-electron chi connectivity index (χ0n) is 12.8. The third-order valence-corrected chi connectivity index (χ3v) is 5.41. The first-order valence-corrected chi connectivity index (χ1v) is 8.29. The molecule has 3 heteroatoms. The van der Waals surface area contributed by atoms with Gasteiger partial charge in [0.05, 0.1) is 5.92 Å². The van der Waals surface area contributed by atoms with E-state index >= 15 is 0 Å². The van der Waals surface area contributed by atoms with Crippen LogP contribution in [0.15, 0.2) is 24.3 Å². The molecule has 21 heavy (non-hydrogen) atoms. The van der Waals surface area contributed by atoms with Crippen molar-refractivity contribution in [2.75, 3.05) is 11.4 Å². The van der Waals surface area contributed by atoms with Crippen LogP contribution in [0.1, 0.15) is 56.9 Å². The Morgan fingerprint density at radius 2 is 1.90 bits per heavy atom. The van der Waals surface area contributed by atoms with Gasteiger partial charge in [0.2, 0.25) is 0 Å². The summed E-state index contributed by atoms with van der Waals surface area (Å²) in [6, 6.07) is 8.71. The number of benzene rings is 1. The van der Waals surface area contributed by atoms with E-state index < -0.39 is 5.97 Å². The molecular formula is C18H25NO2. The largest absolute Gasteiger partial charge is 0.481 e. The Labute approximate surface area is 127 Å². The molecule has 1 aromatic rings. The minimum Gasteiger partial charge on any atom is -0.481 e. The smallest absolute Gasteiger partial charge is 0.311 e. The average Bonchev–Trinajstić information content (AvgIpc) is 2.54. The molecule has 1 fully saturated rings. The number of anilines is 1. The molecule has 1 saturated carbocycles. The van der Waals surface area contributed by atoms with Crippen LogP contribution in [0, 0.1) is 5.92 Å². The van der Waals surface area contributed by atoms with Gasteiger partial charge in [0.15, 0.2) is 0 Å². The molecule has 1 aliphatic carbocycles. The maximum atomic E-state index is 11.5. The van der Waals surface area contributed by atoms with Gasteiger partial charge in [-0.15, -0.1) is 0 Å². The fourth-order valence-corrected chi connectivity index (χ4v) is 4.09. The third-order valence-electron chi connectivity index (χ3n) is 5.41. The summed E-state index contributed by atoms with van der Waals surface area (Å²) in [6.45, 7) is 3.17. The Kier molecular flexibility index (Phi) is 4.18. The zero-order chi connectivity index (χ0) is 14.8. The molecular weight excluding hydrogens is 262 g/mol. The number of carboxylic acid groups (broad SMARTS) is 1. The molecule has 0 spiro atoms. The molecule has 3 rings (SSSR count). The molecule has 0 aromatic heterocycles. The summed E-state index contributed by atoms with van der Waals surface area (Å²) in [7, 11) is 0. The monoisotopic (exact) mass is 287 g/mol. The molecule has 1 atom stereocenters. The average molecular weight is 287 g/mol. The van der Waals surface area contributed by atoms with E-state index in [-0.39, 0.29) is 5.92 Å². The molecule has 0 amide bonds. The van der Waals surface area contributed by atoms with Crippen LogP contribution in [0.4, 0.5) is 5.69 Å². The van der Waals surface area contributed by atoms with E-state index in [9.17, 15) is 9.90 Å². The molecule has 0 saturated heterocycles. The molecule has 1 heterocycles. The second-order valence-electron chi connectivity index (χ2n) is 6.51. The second kappa shape index (κ2) is 6.08. The summed E-state index contributed by atoms with van der Waals surface area (Å²) in [4.78, 5) is 14.0. The molecule has 114 valence electrons. The summed E-state index contributed by atoms with van der Waals surface area (Å²) in [6.07, 6.45) is 7.18. The highest BCUT2D eigenvalue weighted by molar-refractivity contribution is 5.80. The van der Waals surface area contributed by atoms with Crippen LogP contribution in [-0.4, -0.2) is 23.7 Å². The standard InChI is InChI=1S/C18H25NO2/c1-2-13-7-9-14(10-8-13)19-12-11-16(18(20)21)15-5-3-4-6-17(15)19/h3-6,13-14,16H,2,7-12H2,1H3,(H,20,21). The summed E-state index contributed by atoms with van der Waals surface area (Å²) in [5, 5.41) is 9.43. The number of nitrogens with zero attached hydrogens (tertiary/aromatic N) is 1. The number of fused-ring (bicyclic) bond motifs is 1. The molecule has 3 nitrogen and oxygen atoms in total. The molecule has 1 N–H and O–H groups in total. The minimum atomic E-state index is -0.684. The summed E-state index contributed by atoms with van der Waals surface area (Å²) in [5.41, 5.74) is 2.17. The van der Waals surface area contributed by atoms with E-state index in [4.69, 9.17) is 0 Å². The van der Waals surface area contributed by atoms with Crippen molar-refractivity contribution in [2.24, 2.45) is 5.92 Å². The van der Waals surface area contributed by atoms with Crippen molar-refractivity contribution >= 4 is 11.7 Å². The Balaban J connectivity index is 1.81. The van der Waals surface area contributed by atoms with Gasteiger partial charge in [-0.3, -0.25) is 4.79 Å². The first-order chi connectivity index (χ1) is 10.2. The van der Waals surface area contributed by atoms with Crippen molar-refractivity contribution < 1.29 is 9.90 Å². The lowest BCUT2D eigenvalue weighted by Gasteiger charge is -2.42. The van der Waals surface area contributed by atoms with Gasteiger partial charge in [-0.25, -0.2) is 0 Å². The van der Waals surface area contributed by atoms with Crippen molar-refractivity contribution in [2.45, 2.75) is 57.4 Å². The maximum Gasteiger partial charge on any atom is 0.311 e. The van der Waals surface area contributed by atoms with Gasteiger partial charge < -0.3 is 10.0 Å². The lowest BCUT2D eigenvalue weighted by molar-refractivity contribution is -0.139. The van der Waals surface area contributed by atoms with Crippen LogP contribution in [0.3, 0.4) is 0 Å². The highest BCUT2D eigenvalue weighted by Crippen LogP contribution is 2.40. The van der Waals surface area contributed by atoms with Gasteiger partial charge in [0, 0.05) is 18.3 Å². The van der Waals surface area contributed by atoms with Gasteiger partial charge in [-0.1, -0.05) is 31.5 Å². The minimum absolute atomic E-state index is 0.329. The van der Waals surface area contributed by atoms with Crippen LogP contribution in [0.2, 0.25) is 0 Å². The van der Waals surface area contributed by atoms with E-state index in [1.165, 1.54) is 32.1 Å². The van der Waals surface area contributed by atoms with E-state index in [0.717, 1.165) is 30.1 Å². The number of aliphatic carboxylic acids is 1. The number of hydrogen-bond donors (Lipinski definition) is 1. The summed E-state index contributed by atoms with van der Waals surface area (Å²) < 4.78 is 0. The predicted molar refractivity (Wildman–Crippen MR) is 84.8 cm³/mol. The molecule has 1 aliphatic heterocycles. The predicted octanol–water partition coefficient (Wildman–Crippen LogP) is 4.03. The van der Waals surface area contributed by atoms with Gasteiger partial charge in [0.25, 0.3) is 0 Å². The van der Waals surface area contributed by atoms with Crippen LogP contribution in [-0.2, 0) is 4.79 Å². The van der Waals surface area contributed by atoms with Gasteiger partial charge in [0.1, 0.15) is 0 Å². The zero-order valence-corrected chi connectivity index (χ0v) is 12.8. The topological polar surface area (TPSA) is 40.5 Å². The highest BCUT2D eigenvalue weighted by Gasteiger charge is 2.33. The normalized spacial score (nSPS) is 29.0. The fraction of sp³-hybridized carbons (Fsp3) is 0.611. The molecule has 2 aliphatic rings. The van der Waals surface area contributed by atoms with Gasteiger partial charge >= 0.3 is 5.97 Å². The Hall–Kier alpha value is -1.51. The van der Waals surface area contributed by atoms with Crippen molar-refractivity contribution in [3.8, 4) is 0 Å². The Morgan fingerprint density at radius 1 is 1.19 bits per heavy atom. The van der Waals surface area contributed by atoms with Crippen LogP contribution >= 0.6 is 0 Å². The first kappa shape index (κ1) is 14.4. The van der Waals surface area contributed by atoms with E-state index in [1.807, 2.05) is 18.2 Å². The lowest BCUT2D eigenvalue weighted by atomic mass is 9.82. The Morgan fingerprint density at radius 3 is 2.57 bits per heavy atom. The first-order valence-electron chi connectivity index (χ1n) is 8.29. The number of hydrogen-bond acceptors (Lipinski definition) is 2. The summed E-state index contributed by atoms with van der Waals surface area (Å²) >= 11 is 0. The number of rotatable bonds is 3. The van der Waals surface area contributed by atoms with Crippen molar-refractivity contribution in [3.63, 3.8) is 0 Å². The fourth-order valence-electron chi connectivity index (χ4n) is 4.09. The van der Waals surface area contributed by atoms with Gasteiger partial charge in [-0.2, -0.15) is 0 Å². The maximum absolute atomic E-state index is 11.5. The van der Waals surface area contributed by atoms with E-state index in [2.05, 4.69) is 17.9 Å². The van der Waals surface area contributed by atoms with E-state index in [0.29, 0.717) is 6.04 Å². The summed E-state index contributed by atoms with van der Waals surface area (Å²) in [5.74, 6) is -0.116. The quantitative estimate of drug-likeness (QED) is 0.912. The third kappa shape index (κ3) is 2.78. The molecule has 0 bridgehead atoms. The lowest BCUT2D eigenvalue weighted by Crippen LogP contribution is -2.42. The number of para-hydroxylation sites is 1. The van der Waals surface area contributed by atoms with Crippen molar-refractivity contribution in [1.82, 2.24) is 0 Å². The van der Waals surface area contributed by atoms with Crippen LogP contribution in [0.5, 0.6) is 0 Å². The van der Waals surface area contributed by atoms with Crippen LogP contribution < -0.4 is 4.90 Å². The van der Waals surface area contributed by atoms with Gasteiger partial charge in [-0.05, 0) is 49.7 Å². The van der Waals surface area contributed by atoms with E-state index in [1.54, 1.807) is 0 Å². The number of carbonyl (C=O) groups is 1. The number of carboxylic acids is 1. The molecule has 1 aromatic carbocycles. The molecule has 1 unspecified atom stereocenters. The SMILES string of the molecule is CCC1CCC(N2CCC(C(=O)O)c3ccccc32)CC1. The Bertz CT molecular complexity index is 506. The highest BCUT2D eigenvalue weighted by atomic mass is 16.4. The van der Waals surface area contributed by atoms with Crippen molar-refractivity contribution in [1.29, 1.82) is 0 Å². The molecule has 0 radical (unpaired) electrons. The van der Waals surface area contributed by atoms with Crippen LogP contribution in [0.25, 0.3) is 0 Å². The van der Waals surface area contributed by atoms with Crippen molar-refractivity contribution in [3.05, 3.63) is 29.8 Å². The second-order valence-corrected chi connectivity index (χ2v) is 6.51.